The molecule has 0 radical (unpaired) electrons. The summed E-state index contributed by atoms with van der Waals surface area (Å²) in [6.07, 6.45) is 3.56. The van der Waals surface area contributed by atoms with Crippen molar-refractivity contribution in [2.45, 2.75) is 20.4 Å². The van der Waals surface area contributed by atoms with E-state index in [9.17, 15) is 4.79 Å². The van der Waals surface area contributed by atoms with Crippen LogP contribution in [0.1, 0.15) is 22.6 Å². The van der Waals surface area contributed by atoms with Crippen LogP contribution in [0.4, 0.5) is 0 Å². The summed E-state index contributed by atoms with van der Waals surface area (Å²) in [6, 6.07) is 10.1. The fourth-order valence-corrected chi connectivity index (χ4v) is 2.89. The number of piperazine rings is 1. The smallest absolute Gasteiger partial charge is 0.246 e. The molecule has 126 valence electrons. The third kappa shape index (κ3) is 4.32. The zero-order valence-electron chi connectivity index (χ0n) is 14.2. The molecule has 0 spiro atoms. The number of carbonyl (C=O) groups excluding carboxylic acids is 1. The van der Waals surface area contributed by atoms with E-state index < -0.39 is 0 Å². The second-order valence-electron chi connectivity index (χ2n) is 6.28. The average molecular weight is 325 g/mol. The first-order valence-electron chi connectivity index (χ1n) is 8.28. The van der Waals surface area contributed by atoms with E-state index in [0.29, 0.717) is 0 Å². The van der Waals surface area contributed by atoms with Gasteiger partial charge in [0, 0.05) is 44.9 Å². The highest BCUT2D eigenvalue weighted by Gasteiger charge is 2.20. The van der Waals surface area contributed by atoms with Gasteiger partial charge in [0.15, 0.2) is 0 Å². The van der Waals surface area contributed by atoms with Crippen LogP contribution >= 0.6 is 0 Å². The normalized spacial score (nSPS) is 16.0. The van der Waals surface area contributed by atoms with Gasteiger partial charge in [0.25, 0.3) is 0 Å². The third-order valence-electron chi connectivity index (χ3n) is 4.21. The molecule has 3 rings (SSSR count). The van der Waals surface area contributed by atoms with Crippen molar-refractivity contribution in [2.24, 2.45) is 0 Å². The third-order valence-corrected chi connectivity index (χ3v) is 4.21. The molecule has 1 aromatic carbocycles. The van der Waals surface area contributed by atoms with Gasteiger partial charge in [0.05, 0.1) is 5.69 Å². The summed E-state index contributed by atoms with van der Waals surface area (Å²) in [7, 11) is 0. The van der Waals surface area contributed by atoms with Gasteiger partial charge in [-0.15, -0.1) is 0 Å². The summed E-state index contributed by atoms with van der Waals surface area (Å²) in [5.74, 6) is 0.911. The van der Waals surface area contributed by atoms with Crippen LogP contribution in [0.15, 0.2) is 40.9 Å². The molecule has 5 nitrogen and oxygen atoms in total. The largest absolute Gasteiger partial charge is 0.361 e. The van der Waals surface area contributed by atoms with Gasteiger partial charge in [-0.3, -0.25) is 9.69 Å². The molecule has 0 bridgehead atoms. The molecule has 0 saturated carbocycles. The molecule has 0 N–H and O–H groups in total. The Hall–Kier alpha value is -2.40. The Morgan fingerprint density at radius 3 is 2.67 bits per heavy atom. The van der Waals surface area contributed by atoms with Crippen molar-refractivity contribution >= 4 is 12.0 Å². The molecule has 1 aromatic heterocycles. The Labute approximate surface area is 142 Å². The Balaban J connectivity index is 1.49. The van der Waals surface area contributed by atoms with Crippen LogP contribution < -0.4 is 0 Å². The monoisotopic (exact) mass is 325 g/mol. The zero-order valence-corrected chi connectivity index (χ0v) is 14.2. The van der Waals surface area contributed by atoms with Crippen molar-refractivity contribution in [3.63, 3.8) is 0 Å². The molecule has 1 aliphatic heterocycles. The minimum atomic E-state index is 0.0773. The molecular formula is C19H23N3O2. The Kier molecular flexibility index (Phi) is 5.11. The van der Waals surface area contributed by atoms with Crippen LogP contribution in [0.3, 0.4) is 0 Å². The van der Waals surface area contributed by atoms with E-state index in [-0.39, 0.29) is 5.91 Å². The highest BCUT2D eigenvalue weighted by atomic mass is 16.5. The first-order valence-corrected chi connectivity index (χ1v) is 8.28. The van der Waals surface area contributed by atoms with Gasteiger partial charge in [-0.1, -0.05) is 35.0 Å². The molecule has 2 aromatic rings. The minimum Gasteiger partial charge on any atom is -0.361 e. The lowest BCUT2D eigenvalue weighted by atomic mass is 10.1. The van der Waals surface area contributed by atoms with Crippen molar-refractivity contribution in [2.75, 3.05) is 26.2 Å². The Morgan fingerprint density at radius 1 is 1.21 bits per heavy atom. The van der Waals surface area contributed by atoms with Crippen LogP contribution in [-0.2, 0) is 11.3 Å². The number of rotatable bonds is 4. The van der Waals surface area contributed by atoms with Crippen molar-refractivity contribution in [3.8, 4) is 0 Å². The molecule has 2 heterocycles. The van der Waals surface area contributed by atoms with Crippen LogP contribution in [0.2, 0.25) is 0 Å². The van der Waals surface area contributed by atoms with Crippen molar-refractivity contribution in [3.05, 3.63) is 59.0 Å². The maximum Gasteiger partial charge on any atom is 0.246 e. The minimum absolute atomic E-state index is 0.0773. The molecule has 0 aliphatic carbocycles. The van der Waals surface area contributed by atoms with Crippen molar-refractivity contribution < 1.29 is 9.32 Å². The Bertz CT molecular complexity index is 728. The summed E-state index contributed by atoms with van der Waals surface area (Å²) >= 11 is 0. The molecule has 1 fully saturated rings. The molecule has 1 aliphatic rings. The van der Waals surface area contributed by atoms with Gasteiger partial charge < -0.3 is 9.42 Å². The SMILES string of the molecule is Cc1cccc(/C=C/C(=O)N2CCN(Cc3cc(C)on3)CC2)c1. The maximum absolute atomic E-state index is 12.3. The topological polar surface area (TPSA) is 49.6 Å². The van der Waals surface area contributed by atoms with Gasteiger partial charge >= 0.3 is 0 Å². The Morgan fingerprint density at radius 2 is 2.00 bits per heavy atom. The van der Waals surface area contributed by atoms with E-state index in [4.69, 9.17) is 4.52 Å². The lowest BCUT2D eigenvalue weighted by Gasteiger charge is -2.33. The van der Waals surface area contributed by atoms with E-state index in [2.05, 4.69) is 29.1 Å². The quantitative estimate of drug-likeness (QED) is 0.811. The summed E-state index contributed by atoms with van der Waals surface area (Å²) in [5.41, 5.74) is 3.20. The van der Waals surface area contributed by atoms with Gasteiger partial charge in [0.2, 0.25) is 5.91 Å². The summed E-state index contributed by atoms with van der Waals surface area (Å²) < 4.78 is 5.10. The molecule has 0 atom stereocenters. The second kappa shape index (κ2) is 7.45. The second-order valence-corrected chi connectivity index (χ2v) is 6.28. The summed E-state index contributed by atoms with van der Waals surface area (Å²) in [5, 5.41) is 4.03. The first kappa shape index (κ1) is 16.5. The van der Waals surface area contributed by atoms with Crippen LogP contribution in [-0.4, -0.2) is 47.0 Å². The molecule has 0 unspecified atom stereocenters. The van der Waals surface area contributed by atoms with Gasteiger partial charge in [-0.2, -0.15) is 0 Å². The summed E-state index contributed by atoms with van der Waals surface area (Å²) in [6.45, 7) is 7.93. The van der Waals surface area contributed by atoms with Gasteiger partial charge in [-0.25, -0.2) is 0 Å². The number of aromatic nitrogens is 1. The molecule has 24 heavy (non-hydrogen) atoms. The molecule has 1 amide bonds. The van der Waals surface area contributed by atoms with Crippen molar-refractivity contribution in [1.82, 2.24) is 15.0 Å². The van der Waals surface area contributed by atoms with Crippen LogP contribution in [0.25, 0.3) is 6.08 Å². The van der Waals surface area contributed by atoms with E-state index in [1.165, 1.54) is 5.56 Å². The lowest BCUT2D eigenvalue weighted by molar-refractivity contribution is -0.127. The summed E-state index contributed by atoms with van der Waals surface area (Å²) in [4.78, 5) is 16.5. The lowest BCUT2D eigenvalue weighted by Crippen LogP contribution is -2.47. The number of amides is 1. The number of nitrogens with zero attached hydrogens (tertiary/aromatic N) is 3. The van der Waals surface area contributed by atoms with Crippen LogP contribution in [0, 0.1) is 13.8 Å². The van der Waals surface area contributed by atoms with Crippen LogP contribution in [0.5, 0.6) is 0 Å². The highest BCUT2D eigenvalue weighted by molar-refractivity contribution is 5.91. The number of aryl methyl sites for hydroxylation is 2. The maximum atomic E-state index is 12.3. The molecular weight excluding hydrogens is 302 g/mol. The number of hydrogen-bond donors (Lipinski definition) is 0. The van der Waals surface area contributed by atoms with E-state index >= 15 is 0 Å². The average Bonchev–Trinajstić information content (AvgIpc) is 2.98. The van der Waals surface area contributed by atoms with Gasteiger partial charge in [0.1, 0.15) is 5.76 Å². The van der Waals surface area contributed by atoms with E-state index in [1.54, 1.807) is 6.08 Å². The van der Waals surface area contributed by atoms with Crippen molar-refractivity contribution in [1.29, 1.82) is 0 Å². The molecule has 5 heteroatoms. The highest BCUT2D eigenvalue weighted by Crippen LogP contribution is 2.10. The number of benzene rings is 1. The fraction of sp³-hybridized carbons (Fsp3) is 0.368. The van der Waals surface area contributed by atoms with E-state index in [0.717, 1.165) is 49.7 Å². The molecule has 1 saturated heterocycles. The number of carbonyl (C=O) groups is 1. The zero-order chi connectivity index (χ0) is 16.9. The number of hydrogen-bond acceptors (Lipinski definition) is 4. The standard InChI is InChI=1S/C19H23N3O2/c1-15-4-3-5-17(12-15)6-7-19(23)22-10-8-21(9-11-22)14-18-13-16(2)24-20-18/h3-7,12-13H,8-11,14H2,1-2H3/b7-6+. The van der Waals surface area contributed by atoms with Gasteiger partial charge in [-0.05, 0) is 25.5 Å². The first-order chi connectivity index (χ1) is 11.6. The fourth-order valence-electron chi connectivity index (χ4n) is 2.89. The predicted molar refractivity (Wildman–Crippen MR) is 93.3 cm³/mol. The predicted octanol–water partition coefficient (Wildman–Crippen LogP) is 2.65. The van der Waals surface area contributed by atoms with E-state index in [1.807, 2.05) is 36.1 Å².